The Labute approximate surface area is 107 Å². The molecule has 18 heavy (non-hydrogen) atoms. The third kappa shape index (κ3) is 2.34. The first-order chi connectivity index (χ1) is 8.83. The van der Waals surface area contributed by atoms with Crippen LogP contribution in [0.1, 0.15) is 12.8 Å². The highest BCUT2D eigenvalue weighted by Gasteiger charge is 2.16. The molecule has 96 valence electrons. The van der Waals surface area contributed by atoms with E-state index in [2.05, 4.69) is 33.3 Å². The fourth-order valence-electron chi connectivity index (χ4n) is 2.67. The largest absolute Gasteiger partial charge is 0.345 e. The lowest BCUT2D eigenvalue weighted by molar-refractivity contribution is 0.380. The Balaban J connectivity index is 1.72. The maximum Gasteiger partial charge on any atom is 0.203 e. The number of fused-ring (bicyclic) bond motifs is 1. The van der Waals surface area contributed by atoms with Crippen LogP contribution in [-0.4, -0.2) is 36.6 Å². The number of aromatic nitrogens is 2. The summed E-state index contributed by atoms with van der Waals surface area (Å²) in [6, 6.07) is 8.18. The van der Waals surface area contributed by atoms with Crippen LogP contribution in [0, 0.1) is 5.92 Å². The molecule has 0 radical (unpaired) electrons. The third-order valence-corrected chi connectivity index (χ3v) is 3.67. The molecule has 1 fully saturated rings. The molecule has 1 aromatic carbocycles. The molecule has 2 aromatic rings. The molecule has 1 aromatic heterocycles. The van der Waals surface area contributed by atoms with Gasteiger partial charge in [0.15, 0.2) is 0 Å². The molecule has 0 saturated carbocycles. The van der Waals surface area contributed by atoms with E-state index < -0.39 is 0 Å². The summed E-state index contributed by atoms with van der Waals surface area (Å²) < 4.78 is 0. The van der Waals surface area contributed by atoms with Gasteiger partial charge in [0.2, 0.25) is 5.95 Å². The Bertz CT molecular complexity index is 480. The van der Waals surface area contributed by atoms with Crippen molar-refractivity contribution in [1.29, 1.82) is 0 Å². The monoisotopic (exact) mass is 244 g/mol. The Hall–Kier alpha value is -1.55. The molecule has 2 N–H and O–H groups in total. The third-order valence-electron chi connectivity index (χ3n) is 3.67. The molecule has 0 bridgehead atoms. The summed E-state index contributed by atoms with van der Waals surface area (Å²) in [5.74, 6) is 1.71. The molecule has 3 rings (SSSR count). The molecule has 2 heterocycles. The van der Waals surface area contributed by atoms with Crippen LogP contribution in [-0.2, 0) is 0 Å². The quantitative estimate of drug-likeness (QED) is 0.868. The second kappa shape index (κ2) is 4.98. The molecule has 0 spiro atoms. The minimum absolute atomic E-state index is 0.733. The highest BCUT2D eigenvalue weighted by molar-refractivity contribution is 5.77. The van der Waals surface area contributed by atoms with Crippen molar-refractivity contribution in [2.24, 2.45) is 5.92 Å². The first-order valence-electron chi connectivity index (χ1n) is 6.69. The van der Waals surface area contributed by atoms with Crippen LogP contribution < -0.4 is 10.2 Å². The molecule has 4 nitrogen and oxygen atoms in total. The molecule has 0 aliphatic carbocycles. The van der Waals surface area contributed by atoms with Crippen molar-refractivity contribution >= 4 is 17.0 Å². The number of H-pyrrole nitrogens is 1. The van der Waals surface area contributed by atoms with Gasteiger partial charge >= 0.3 is 0 Å². The summed E-state index contributed by atoms with van der Waals surface area (Å²) in [5, 5.41) is 3.46. The molecular formula is C14H20N4. The smallest absolute Gasteiger partial charge is 0.203 e. The number of aromatic amines is 1. The summed E-state index contributed by atoms with van der Waals surface area (Å²) in [6.45, 7) is 3.36. The molecule has 1 aliphatic heterocycles. The van der Waals surface area contributed by atoms with Crippen molar-refractivity contribution < 1.29 is 0 Å². The van der Waals surface area contributed by atoms with Crippen LogP contribution in [0.5, 0.6) is 0 Å². The van der Waals surface area contributed by atoms with Gasteiger partial charge in [0, 0.05) is 13.6 Å². The fourth-order valence-corrected chi connectivity index (χ4v) is 2.67. The number of para-hydroxylation sites is 2. The van der Waals surface area contributed by atoms with E-state index in [-0.39, 0.29) is 0 Å². The number of hydrogen-bond acceptors (Lipinski definition) is 3. The molecule has 0 unspecified atom stereocenters. The van der Waals surface area contributed by atoms with Crippen LogP contribution >= 0.6 is 0 Å². The first-order valence-corrected chi connectivity index (χ1v) is 6.69. The van der Waals surface area contributed by atoms with E-state index in [0.29, 0.717) is 0 Å². The number of hydrogen-bond donors (Lipinski definition) is 2. The first kappa shape index (κ1) is 11.5. The van der Waals surface area contributed by atoms with Crippen molar-refractivity contribution in [2.75, 3.05) is 31.6 Å². The number of nitrogens with zero attached hydrogens (tertiary/aromatic N) is 2. The van der Waals surface area contributed by atoms with Crippen molar-refractivity contribution in [3.63, 3.8) is 0 Å². The predicted octanol–water partition coefficient (Wildman–Crippen LogP) is 2.00. The van der Waals surface area contributed by atoms with E-state index >= 15 is 0 Å². The van der Waals surface area contributed by atoms with E-state index in [1.807, 2.05) is 18.2 Å². The highest BCUT2D eigenvalue weighted by atomic mass is 15.2. The van der Waals surface area contributed by atoms with Crippen LogP contribution in [0.4, 0.5) is 5.95 Å². The lowest BCUT2D eigenvalue weighted by atomic mass is 9.99. The summed E-state index contributed by atoms with van der Waals surface area (Å²) in [5.41, 5.74) is 2.15. The Morgan fingerprint density at radius 1 is 1.39 bits per heavy atom. The maximum absolute atomic E-state index is 4.63. The van der Waals surface area contributed by atoms with Crippen molar-refractivity contribution in [3.8, 4) is 0 Å². The van der Waals surface area contributed by atoms with E-state index in [0.717, 1.165) is 36.0 Å². The maximum atomic E-state index is 4.63. The average Bonchev–Trinajstić information content (AvgIpc) is 2.84. The van der Waals surface area contributed by atoms with Gasteiger partial charge in [0.1, 0.15) is 0 Å². The van der Waals surface area contributed by atoms with E-state index in [4.69, 9.17) is 0 Å². The molecule has 4 heteroatoms. The van der Waals surface area contributed by atoms with Crippen LogP contribution in [0.15, 0.2) is 24.3 Å². The van der Waals surface area contributed by atoms with Crippen LogP contribution in [0.3, 0.4) is 0 Å². The predicted molar refractivity (Wildman–Crippen MR) is 75.0 cm³/mol. The van der Waals surface area contributed by atoms with Gasteiger partial charge in [0.05, 0.1) is 11.0 Å². The summed E-state index contributed by atoms with van der Waals surface area (Å²) >= 11 is 0. The molecular weight excluding hydrogens is 224 g/mol. The standard InChI is InChI=1S/C14H20N4/c1-18(10-11-5-4-8-15-9-11)14-16-12-6-2-3-7-13(12)17-14/h2-3,6-7,11,15H,4-5,8-10H2,1H3,(H,16,17)/t11-/m0/s1. The average molecular weight is 244 g/mol. The second-order valence-electron chi connectivity index (χ2n) is 5.17. The number of anilines is 1. The van der Waals surface area contributed by atoms with Crippen LogP contribution in [0.25, 0.3) is 11.0 Å². The van der Waals surface area contributed by atoms with Crippen molar-refractivity contribution in [1.82, 2.24) is 15.3 Å². The Kier molecular flexibility index (Phi) is 3.19. The van der Waals surface area contributed by atoms with E-state index in [9.17, 15) is 0 Å². The van der Waals surface area contributed by atoms with Gasteiger partial charge in [-0.2, -0.15) is 0 Å². The van der Waals surface area contributed by atoms with Crippen molar-refractivity contribution in [2.45, 2.75) is 12.8 Å². The zero-order chi connectivity index (χ0) is 12.4. The second-order valence-corrected chi connectivity index (χ2v) is 5.17. The number of nitrogens with one attached hydrogen (secondary N) is 2. The van der Waals surface area contributed by atoms with Crippen LogP contribution in [0.2, 0.25) is 0 Å². The minimum Gasteiger partial charge on any atom is -0.345 e. The van der Waals surface area contributed by atoms with Gasteiger partial charge in [-0.05, 0) is 44.0 Å². The zero-order valence-electron chi connectivity index (χ0n) is 10.8. The molecule has 1 aliphatic rings. The minimum atomic E-state index is 0.733. The lowest BCUT2D eigenvalue weighted by Crippen LogP contribution is -2.37. The lowest BCUT2D eigenvalue weighted by Gasteiger charge is -2.27. The molecule has 1 atom stereocenters. The molecule has 0 amide bonds. The summed E-state index contributed by atoms with van der Waals surface area (Å²) in [4.78, 5) is 10.2. The summed E-state index contributed by atoms with van der Waals surface area (Å²) in [6.07, 6.45) is 2.61. The summed E-state index contributed by atoms with van der Waals surface area (Å²) in [7, 11) is 2.12. The van der Waals surface area contributed by atoms with Gasteiger partial charge in [-0.1, -0.05) is 12.1 Å². The number of benzene rings is 1. The van der Waals surface area contributed by atoms with Gasteiger partial charge in [-0.3, -0.25) is 0 Å². The molecule has 1 saturated heterocycles. The Morgan fingerprint density at radius 3 is 3.06 bits per heavy atom. The zero-order valence-corrected chi connectivity index (χ0v) is 10.8. The Morgan fingerprint density at radius 2 is 2.28 bits per heavy atom. The normalized spacial score (nSPS) is 20.2. The van der Waals surface area contributed by atoms with Gasteiger partial charge < -0.3 is 15.2 Å². The topological polar surface area (TPSA) is 44.0 Å². The number of imidazole rings is 1. The fraction of sp³-hybridized carbons (Fsp3) is 0.500. The highest BCUT2D eigenvalue weighted by Crippen LogP contribution is 2.18. The number of rotatable bonds is 3. The van der Waals surface area contributed by atoms with Crippen molar-refractivity contribution in [3.05, 3.63) is 24.3 Å². The van der Waals surface area contributed by atoms with Gasteiger partial charge in [-0.15, -0.1) is 0 Å². The SMILES string of the molecule is CN(C[C@H]1CCCNC1)c1nc2ccccc2[nH]1. The number of piperidine rings is 1. The van der Waals surface area contributed by atoms with Gasteiger partial charge in [-0.25, -0.2) is 4.98 Å². The van der Waals surface area contributed by atoms with E-state index in [1.165, 1.54) is 19.4 Å². The van der Waals surface area contributed by atoms with Gasteiger partial charge in [0.25, 0.3) is 0 Å². The van der Waals surface area contributed by atoms with E-state index in [1.54, 1.807) is 0 Å².